The average Bonchev–Trinajstić information content (AvgIpc) is 3.36. The standard InChI is InChI=1S/C26H29F3N4O4S2/c27-19-2-4-21(5-3-19)39(35,36)32-10-6-18(7-11-32)25(34)33(9-1-8-31-12-14-37-15-13-31)26-30-24-22(29)16-20(28)17-23(24)38-26/h2-5,16-18H,1,6-15H2. The van der Waals surface area contributed by atoms with Crippen LogP contribution in [-0.2, 0) is 19.6 Å². The number of thiazole rings is 1. The molecule has 2 saturated heterocycles. The largest absolute Gasteiger partial charge is 0.379 e. The topological polar surface area (TPSA) is 83.1 Å². The van der Waals surface area contributed by atoms with Gasteiger partial charge in [0, 0.05) is 51.3 Å². The van der Waals surface area contributed by atoms with Gasteiger partial charge in [0.25, 0.3) is 0 Å². The zero-order valence-corrected chi connectivity index (χ0v) is 22.8. The summed E-state index contributed by atoms with van der Waals surface area (Å²) in [7, 11) is -3.81. The van der Waals surface area contributed by atoms with Crippen LogP contribution in [0.3, 0.4) is 0 Å². The number of hydrogen-bond donors (Lipinski definition) is 0. The summed E-state index contributed by atoms with van der Waals surface area (Å²) >= 11 is 1.06. The number of sulfonamides is 1. The highest BCUT2D eigenvalue weighted by atomic mass is 32.2. The van der Waals surface area contributed by atoms with Crippen LogP contribution < -0.4 is 4.90 Å². The van der Waals surface area contributed by atoms with Crippen LogP contribution in [-0.4, -0.2) is 81.0 Å². The molecule has 0 atom stereocenters. The van der Waals surface area contributed by atoms with Crippen LogP contribution >= 0.6 is 11.3 Å². The Kier molecular flexibility index (Phi) is 8.52. The Bertz CT molecular complexity index is 1420. The minimum Gasteiger partial charge on any atom is -0.379 e. The van der Waals surface area contributed by atoms with Gasteiger partial charge in [-0.15, -0.1) is 0 Å². The number of fused-ring (bicyclic) bond motifs is 1. The van der Waals surface area contributed by atoms with Crippen molar-refractivity contribution in [3.05, 3.63) is 53.8 Å². The van der Waals surface area contributed by atoms with Crippen molar-refractivity contribution in [2.24, 2.45) is 5.92 Å². The second kappa shape index (κ2) is 11.9. The smallest absolute Gasteiger partial charge is 0.243 e. The molecule has 1 amide bonds. The van der Waals surface area contributed by atoms with Gasteiger partial charge in [-0.1, -0.05) is 11.3 Å². The summed E-state index contributed by atoms with van der Waals surface area (Å²) in [6, 6.07) is 6.64. The third-order valence-electron chi connectivity index (χ3n) is 7.11. The molecule has 39 heavy (non-hydrogen) atoms. The fourth-order valence-corrected chi connectivity index (χ4v) is 7.46. The number of anilines is 1. The molecule has 8 nitrogen and oxygen atoms in total. The van der Waals surface area contributed by atoms with Crippen molar-refractivity contribution in [1.29, 1.82) is 0 Å². The Morgan fingerprint density at radius 3 is 2.41 bits per heavy atom. The van der Waals surface area contributed by atoms with Crippen molar-refractivity contribution >= 4 is 42.6 Å². The molecular weight excluding hydrogens is 553 g/mol. The van der Waals surface area contributed by atoms with E-state index >= 15 is 0 Å². The van der Waals surface area contributed by atoms with E-state index in [2.05, 4.69) is 9.88 Å². The summed E-state index contributed by atoms with van der Waals surface area (Å²) in [5.41, 5.74) is 0.0163. The molecule has 1 aromatic heterocycles. The van der Waals surface area contributed by atoms with E-state index in [4.69, 9.17) is 4.74 Å². The molecule has 13 heteroatoms. The van der Waals surface area contributed by atoms with Gasteiger partial charge in [0.15, 0.2) is 10.9 Å². The first-order valence-electron chi connectivity index (χ1n) is 12.8. The summed E-state index contributed by atoms with van der Waals surface area (Å²) in [6.45, 7) is 4.29. The van der Waals surface area contributed by atoms with E-state index in [9.17, 15) is 26.4 Å². The van der Waals surface area contributed by atoms with Crippen LogP contribution in [0.25, 0.3) is 10.2 Å². The molecule has 2 fully saturated rings. The second-order valence-corrected chi connectivity index (χ2v) is 12.6. The number of carbonyl (C=O) groups is 1. The number of amides is 1. The van der Waals surface area contributed by atoms with Gasteiger partial charge >= 0.3 is 0 Å². The van der Waals surface area contributed by atoms with E-state index in [1.165, 1.54) is 27.4 Å². The molecule has 2 aliphatic heterocycles. The fourth-order valence-electron chi connectivity index (χ4n) is 4.96. The zero-order chi connectivity index (χ0) is 27.6. The maximum atomic E-state index is 14.4. The molecule has 0 saturated carbocycles. The number of aromatic nitrogens is 1. The number of benzene rings is 2. The first kappa shape index (κ1) is 28.0. The number of morpholine rings is 1. The lowest BCUT2D eigenvalue weighted by molar-refractivity contribution is -0.123. The maximum absolute atomic E-state index is 14.4. The van der Waals surface area contributed by atoms with E-state index in [-0.39, 0.29) is 29.4 Å². The SMILES string of the molecule is O=C(C1CCN(S(=O)(=O)c2ccc(F)cc2)CC1)N(CCCN1CCOCC1)c1nc2c(F)cc(F)cc2s1. The molecule has 0 aliphatic carbocycles. The highest BCUT2D eigenvalue weighted by Gasteiger charge is 2.35. The molecule has 2 aliphatic rings. The molecule has 0 bridgehead atoms. The average molecular weight is 583 g/mol. The van der Waals surface area contributed by atoms with E-state index < -0.39 is 33.4 Å². The summed E-state index contributed by atoms with van der Waals surface area (Å²) in [5.74, 6) is -2.69. The van der Waals surface area contributed by atoms with Crippen LogP contribution in [0.4, 0.5) is 18.3 Å². The quantitative estimate of drug-likeness (QED) is 0.401. The summed E-state index contributed by atoms with van der Waals surface area (Å²) in [5, 5.41) is 0.294. The van der Waals surface area contributed by atoms with Crippen LogP contribution in [0.1, 0.15) is 19.3 Å². The predicted octanol–water partition coefficient (Wildman–Crippen LogP) is 3.87. The fraction of sp³-hybridized carbons (Fsp3) is 0.462. The van der Waals surface area contributed by atoms with Gasteiger partial charge in [-0.3, -0.25) is 14.6 Å². The lowest BCUT2D eigenvalue weighted by Gasteiger charge is -2.33. The number of piperidine rings is 1. The highest BCUT2D eigenvalue weighted by molar-refractivity contribution is 7.89. The molecule has 0 N–H and O–H groups in total. The molecular formula is C26H29F3N4O4S2. The van der Waals surface area contributed by atoms with Crippen molar-refractivity contribution in [1.82, 2.24) is 14.2 Å². The van der Waals surface area contributed by atoms with Crippen LogP contribution in [0.15, 0.2) is 41.3 Å². The number of carbonyl (C=O) groups excluding carboxylic acids is 1. The Morgan fingerprint density at radius 2 is 1.72 bits per heavy atom. The number of halogens is 3. The molecule has 3 heterocycles. The van der Waals surface area contributed by atoms with Crippen molar-refractivity contribution in [3.63, 3.8) is 0 Å². The number of rotatable bonds is 8. The van der Waals surface area contributed by atoms with Gasteiger partial charge in [-0.2, -0.15) is 4.31 Å². The van der Waals surface area contributed by atoms with Gasteiger partial charge in [0.1, 0.15) is 17.2 Å². The lowest BCUT2D eigenvalue weighted by Crippen LogP contribution is -2.45. The van der Waals surface area contributed by atoms with Gasteiger partial charge in [-0.25, -0.2) is 26.6 Å². The minimum absolute atomic E-state index is 0.00199. The number of nitrogens with zero attached hydrogens (tertiary/aromatic N) is 4. The van der Waals surface area contributed by atoms with Crippen molar-refractivity contribution < 1.29 is 31.1 Å². The monoisotopic (exact) mass is 582 g/mol. The molecule has 0 unspecified atom stereocenters. The molecule has 2 aromatic carbocycles. The van der Waals surface area contributed by atoms with Crippen LogP contribution in [0, 0.1) is 23.4 Å². The highest BCUT2D eigenvalue weighted by Crippen LogP contribution is 2.33. The van der Waals surface area contributed by atoms with Gasteiger partial charge in [0.2, 0.25) is 15.9 Å². The third kappa shape index (κ3) is 6.27. The van der Waals surface area contributed by atoms with Crippen LogP contribution in [0.2, 0.25) is 0 Å². The normalized spacial score (nSPS) is 18.0. The summed E-state index contributed by atoms with van der Waals surface area (Å²) < 4.78 is 74.5. The first-order chi connectivity index (χ1) is 18.7. The van der Waals surface area contributed by atoms with Gasteiger partial charge in [-0.05, 0) is 49.6 Å². The molecule has 0 spiro atoms. The third-order valence-corrected chi connectivity index (χ3v) is 10.1. The van der Waals surface area contributed by atoms with Crippen molar-refractivity contribution in [2.45, 2.75) is 24.2 Å². The van der Waals surface area contributed by atoms with E-state index in [1.54, 1.807) is 0 Å². The second-order valence-electron chi connectivity index (χ2n) is 9.66. The van der Waals surface area contributed by atoms with Crippen molar-refractivity contribution in [3.8, 4) is 0 Å². The predicted molar refractivity (Wildman–Crippen MR) is 142 cm³/mol. The number of ether oxygens (including phenoxy) is 1. The van der Waals surface area contributed by atoms with E-state index in [1.807, 2.05) is 0 Å². The first-order valence-corrected chi connectivity index (χ1v) is 15.1. The number of hydrogen-bond acceptors (Lipinski definition) is 7. The Hall–Kier alpha value is -2.58. The Balaban J connectivity index is 1.31. The zero-order valence-electron chi connectivity index (χ0n) is 21.2. The maximum Gasteiger partial charge on any atom is 0.243 e. The van der Waals surface area contributed by atoms with Gasteiger partial charge < -0.3 is 4.74 Å². The van der Waals surface area contributed by atoms with Gasteiger partial charge in [0.05, 0.1) is 22.8 Å². The van der Waals surface area contributed by atoms with E-state index in [0.29, 0.717) is 48.9 Å². The minimum atomic E-state index is -3.81. The molecule has 5 rings (SSSR count). The summed E-state index contributed by atoms with van der Waals surface area (Å²) in [4.78, 5) is 21.9. The van der Waals surface area contributed by atoms with Crippen molar-refractivity contribution in [2.75, 3.05) is 57.4 Å². The Labute approximate surface area is 229 Å². The van der Waals surface area contributed by atoms with Crippen LogP contribution in [0.5, 0.6) is 0 Å². The van der Waals surface area contributed by atoms with E-state index in [0.717, 1.165) is 49.2 Å². The Morgan fingerprint density at radius 1 is 1.03 bits per heavy atom. The molecule has 3 aromatic rings. The molecule has 0 radical (unpaired) electrons. The summed E-state index contributed by atoms with van der Waals surface area (Å²) in [6.07, 6.45) is 1.25. The molecule has 210 valence electrons. The lowest BCUT2D eigenvalue weighted by atomic mass is 9.96.